The molecule has 8 aromatic rings. The van der Waals surface area contributed by atoms with E-state index >= 15 is 26.3 Å². The summed E-state index contributed by atoms with van der Waals surface area (Å²) < 4.78 is 111. The highest BCUT2D eigenvalue weighted by atomic mass is 32.1. The van der Waals surface area contributed by atoms with Crippen molar-refractivity contribution in [3.05, 3.63) is 203 Å². The van der Waals surface area contributed by atoms with Gasteiger partial charge in [0.15, 0.2) is 0 Å². The number of hydrogen-bond donors (Lipinski definition) is 0. The lowest BCUT2D eigenvalue weighted by Crippen LogP contribution is -2.48. The van der Waals surface area contributed by atoms with Crippen LogP contribution in [-0.4, -0.2) is 32.0 Å². The summed E-state index contributed by atoms with van der Waals surface area (Å²) in [4.78, 5) is 1.09. The molecule has 0 bridgehead atoms. The number of hydrogen-bond acceptors (Lipinski definition) is 4. The highest BCUT2D eigenvalue weighted by molar-refractivity contribution is 7.19. The molecular weight excluding hydrogens is 871 g/mol. The number of thiophene rings is 2. The molecule has 324 valence electrons. The number of allylic oxidation sites excluding steroid dienone is 2. The zero-order chi connectivity index (χ0) is 45.3. The van der Waals surface area contributed by atoms with Crippen molar-refractivity contribution in [2.45, 2.75) is 17.8 Å². The van der Waals surface area contributed by atoms with E-state index in [2.05, 4.69) is 0 Å². The maximum absolute atomic E-state index is 16.9. The second kappa shape index (κ2) is 17.6. The maximum Gasteiger partial charge on any atom is 0.380 e. The van der Waals surface area contributed by atoms with Crippen molar-refractivity contribution in [3.8, 4) is 53.3 Å². The van der Waals surface area contributed by atoms with Gasteiger partial charge in [0, 0.05) is 41.8 Å². The van der Waals surface area contributed by atoms with E-state index in [9.17, 15) is 0 Å². The predicted octanol–water partition coefficient (Wildman–Crippen LogP) is 16.7. The van der Waals surface area contributed by atoms with Gasteiger partial charge < -0.3 is 9.47 Å². The van der Waals surface area contributed by atoms with Crippen molar-refractivity contribution in [2.24, 2.45) is 0 Å². The molecule has 0 atom stereocenters. The van der Waals surface area contributed by atoms with E-state index in [1.807, 2.05) is 109 Å². The van der Waals surface area contributed by atoms with Crippen LogP contribution in [-0.2, 0) is 0 Å². The lowest BCUT2D eigenvalue weighted by molar-refractivity contribution is -0.254. The van der Waals surface area contributed by atoms with Crippen LogP contribution in [0.1, 0.15) is 33.4 Å². The number of alkyl halides is 6. The van der Waals surface area contributed by atoms with Gasteiger partial charge in [0.2, 0.25) is 0 Å². The number of benzene rings is 6. The van der Waals surface area contributed by atoms with Gasteiger partial charge in [-0.3, -0.25) is 0 Å². The molecule has 0 N–H and O–H groups in total. The van der Waals surface area contributed by atoms with E-state index in [-0.39, 0.29) is 9.75 Å². The van der Waals surface area contributed by atoms with Crippen LogP contribution in [0.15, 0.2) is 170 Å². The Balaban J connectivity index is 1.23. The summed E-state index contributed by atoms with van der Waals surface area (Å²) in [5.41, 5.74) is 1.93. The third kappa shape index (κ3) is 8.24. The molecule has 0 radical (unpaired) electrons. The van der Waals surface area contributed by atoms with E-state index in [1.54, 1.807) is 72.8 Å². The molecule has 0 aliphatic heterocycles. The summed E-state index contributed by atoms with van der Waals surface area (Å²) in [7, 11) is 2.94. The minimum Gasteiger partial charge on any atom is -0.497 e. The molecule has 0 amide bonds. The highest BCUT2D eigenvalue weighted by Gasteiger charge is 2.80. The normalized spacial score (nSPS) is 15.3. The Kier molecular flexibility index (Phi) is 11.7. The Bertz CT molecular complexity index is 2830. The summed E-state index contributed by atoms with van der Waals surface area (Å²) in [6, 6.07) is 49.5. The fourth-order valence-electron chi connectivity index (χ4n) is 7.81. The van der Waals surface area contributed by atoms with Gasteiger partial charge in [-0.15, -0.1) is 22.7 Å². The standard InChI is InChI=1S/C55H38F6O2S2/c1-62-43-29-25-41(26-30-43)51-45(33-47(64-51)39-21-17-37(18-22-39)15-13-35-9-5-3-6-10-35)49-50(54(58,59)55(60,61)53(49,56)57)46-34-48(65-52(46)42-27-31-44(63-2)32-28-42)40-23-19-38(20-24-40)16-14-36-11-7-4-8-12-36/h3-34H,1-2H3/b15-13+,16-14+. The van der Waals surface area contributed by atoms with Crippen LogP contribution in [0, 0.1) is 0 Å². The highest BCUT2D eigenvalue weighted by Crippen LogP contribution is 2.67. The van der Waals surface area contributed by atoms with Crippen LogP contribution in [0.4, 0.5) is 26.3 Å². The van der Waals surface area contributed by atoms with Gasteiger partial charge in [-0.05, 0) is 105 Å². The zero-order valence-corrected chi connectivity index (χ0v) is 36.5. The van der Waals surface area contributed by atoms with Gasteiger partial charge in [-0.2, -0.15) is 26.3 Å². The molecule has 1 aliphatic rings. The smallest absolute Gasteiger partial charge is 0.380 e. The summed E-state index contributed by atoms with van der Waals surface area (Å²) >= 11 is 2.12. The lowest BCUT2D eigenvalue weighted by Gasteiger charge is -2.26. The Hall–Kier alpha value is -6.88. The second-order valence-corrected chi connectivity index (χ2v) is 17.5. The molecule has 0 fully saturated rings. The van der Waals surface area contributed by atoms with E-state index in [0.717, 1.165) is 44.9 Å². The van der Waals surface area contributed by atoms with Crippen molar-refractivity contribution in [1.82, 2.24) is 0 Å². The molecule has 1 aliphatic carbocycles. The molecule has 2 heterocycles. The Morgan fingerprint density at radius 1 is 0.385 bits per heavy atom. The molecule has 0 saturated carbocycles. The molecule has 2 aromatic heterocycles. The topological polar surface area (TPSA) is 18.5 Å². The van der Waals surface area contributed by atoms with E-state index in [0.29, 0.717) is 43.5 Å². The summed E-state index contributed by atoms with van der Waals surface area (Å²) in [6.45, 7) is 0. The van der Waals surface area contributed by atoms with Crippen LogP contribution < -0.4 is 9.47 Å². The molecule has 0 unspecified atom stereocenters. The minimum atomic E-state index is -5.79. The lowest BCUT2D eigenvalue weighted by atomic mass is 9.91. The number of halogens is 6. The molecule has 9 rings (SSSR count). The second-order valence-electron chi connectivity index (χ2n) is 15.4. The number of methoxy groups -OCH3 is 2. The van der Waals surface area contributed by atoms with Crippen LogP contribution >= 0.6 is 22.7 Å². The third-order valence-electron chi connectivity index (χ3n) is 11.3. The molecule has 6 aromatic carbocycles. The molecule has 0 spiro atoms. The largest absolute Gasteiger partial charge is 0.497 e. The Morgan fingerprint density at radius 3 is 1.02 bits per heavy atom. The average Bonchev–Trinajstić information content (AvgIpc) is 4.00. The summed E-state index contributed by atoms with van der Waals surface area (Å²) in [5.74, 6) is -15.5. The molecule has 65 heavy (non-hydrogen) atoms. The molecule has 10 heteroatoms. The molecular formula is C55H38F6O2S2. The van der Waals surface area contributed by atoms with Crippen molar-refractivity contribution in [2.75, 3.05) is 14.2 Å². The predicted molar refractivity (Wildman–Crippen MR) is 256 cm³/mol. The first-order chi connectivity index (χ1) is 31.4. The van der Waals surface area contributed by atoms with Crippen molar-refractivity contribution in [1.29, 1.82) is 0 Å². The van der Waals surface area contributed by atoms with Gasteiger partial charge in [-0.1, -0.05) is 133 Å². The SMILES string of the molecule is COc1ccc(-c2sc(-c3ccc(/C=C/c4ccccc4)cc3)cc2C2=C(c3cc(-c4ccc(/C=C/c5ccccc5)cc4)sc3-c3ccc(OC)cc3)C(F)(F)C(F)(F)C2(F)F)cc1. The van der Waals surface area contributed by atoms with E-state index in [1.165, 1.54) is 26.4 Å². The van der Waals surface area contributed by atoms with Crippen LogP contribution in [0.25, 0.3) is 77.2 Å². The van der Waals surface area contributed by atoms with Gasteiger partial charge in [-0.25, -0.2) is 0 Å². The van der Waals surface area contributed by atoms with Crippen LogP contribution in [0.5, 0.6) is 11.5 Å². The van der Waals surface area contributed by atoms with Gasteiger partial charge in [0.05, 0.1) is 14.2 Å². The Labute approximate surface area is 380 Å². The maximum atomic E-state index is 16.9. The average molecular weight is 909 g/mol. The number of rotatable bonds is 12. The molecule has 0 saturated heterocycles. The first-order valence-electron chi connectivity index (χ1n) is 20.5. The number of ether oxygens (including phenoxy) is 2. The quantitative estimate of drug-likeness (QED) is 0.0898. The van der Waals surface area contributed by atoms with E-state index in [4.69, 9.17) is 9.47 Å². The van der Waals surface area contributed by atoms with Crippen molar-refractivity contribution < 1.29 is 35.8 Å². The van der Waals surface area contributed by atoms with Gasteiger partial charge in [0.25, 0.3) is 0 Å². The summed E-state index contributed by atoms with van der Waals surface area (Å²) in [5, 5.41) is 0. The first-order valence-corrected chi connectivity index (χ1v) is 22.1. The Morgan fingerprint density at radius 2 is 0.692 bits per heavy atom. The van der Waals surface area contributed by atoms with Crippen LogP contribution in [0.2, 0.25) is 0 Å². The van der Waals surface area contributed by atoms with Crippen molar-refractivity contribution >= 4 is 58.1 Å². The van der Waals surface area contributed by atoms with E-state index < -0.39 is 40.0 Å². The van der Waals surface area contributed by atoms with Crippen molar-refractivity contribution in [3.63, 3.8) is 0 Å². The van der Waals surface area contributed by atoms with Gasteiger partial charge >= 0.3 is 17.8 Å². The fourth-order valence-corrected chi connectivity index (χ4v) is 10.2. The van der Waals surface area contributed by atoms with Gasteiger partial charge in [0.1, 0.15) is 11.5 Å². The monoisotopic (exact) mass is 908 g/mol. The summed E-state index contributed by atoms with van der Waals surface area (Å²) in [6.07, 6.45) is 7.75. The molecule has 2 nitrogen and oxygen atoms in total. The minimum absolute atomic E-state index is 0.122. The third-order valence-corrected chi connectivity index (χ3v) is 13.8. The fraction of sp³-hybridized carbons (Fsp3) is 0.0909. The first kappa shape index (κ1) is 43.4. The zero-order valence-electron chi connectivity index (χ0n) is 34.9. The van der Waals surface area contributed by atoms with Crippen LogP contribution in [0.3, 0.4) is 0 Å².